The van der Waals surface area contributed by atoms with Crippen LogP contribution in [0.3, 0.4) is 0 Å². The Labute approximate surface area is 131 Å². The average Bonchev–Trinajstić information content (AvgIpc) is 2.47. The molecule has 0 fully saturated rings. The lowest BCUT2D eigenvalue weighted by atomic mass is 10.1. The van der Waals surface area contributed by atoms with Gasteiger partial charge in [-0.25, -0.2) is 0 Å². The molecule has 0 aliphatic rings. The van der Waals surface area contributed by atoms with Crippen LogP contribution in [0.1, 0.15) is 15.9 Å². The highest BCUT2D eigenvalue weighted by molar-refractivity contribution is 6.31. The van der Waals surface area contributed by atoms with Crippen LogP contribution in [-0.2, 0) is 0 Å². The number of nitrogens with zero attached hydrogens (tertiary/aromatic N) is 1. The molecule has 22 heavy (non-hydrogen) atoms. The first kappa shape index (κ1) is 15.8. The lowest BCUT2D eigenvalue weighted by Crippen LogP contribution is -2.13. The van der Waals surface area contributed by atoms with Crippen molar-refractivity contribution in [3.8, 4) is 5.75 Å². The van der Waals surface area contributed by atoms with E-state index in [0.717, 1.165) is 0 Å². The molecule has 0 spiro atoms. The standard InChI is InChI=1S/C15H13ClN2O4/c1-9-3-4-10(7-13(9)18(20)21)15(19)17-12-8-11(16)5-6-14(12)22-2/h3-8H,1-2H3,(H,17,19). The van der Waals surface area contributed by atoms with Gasteiger partial charge < -0.3 is 10.1 Å². The molecule has 0 bridgehead atoms. The van der Waals surface area contributed by atoms with Gasteiger partial charge in [0.2, 0.25) is 0 Å². The van der Waals surface area contributed by atoms with Gasteiger partial charge in [0, 0.05) is 22.2 Å². The summed E-state index contributed by atoms with van der Waals surface area (Å²) in [6.45, 7) is 1.61. The van der Waals surface area contributed by atoms with Crippen LogP contribution in [0.5, 0.6) is 5.75 Å². The largest absolute Gasteiger partial charge is 0.495 e. The molecule has 0 radical (unpaired) electrons. The quantitative estimate of drug-likeness (QED) is 0.686. The molecule has 0 unspecified atom stereocenters. The van der Waals surface area contributed by atoms with E-state index >= 15 is 0 Å². The number of ether oxygens (including phenoxy) is 1. The zero-order valence-corrected chi connectivity index (χ0v) is 12.7. The van der Waals surface area contributed by atoms with Crippen molar-refractivity contribution in [2.45, 2.75) is 6.92 Å². The third kappa shape index (κ3) is 3.35. The van der Waals surface area contributed by atoms with E-state index in [-0.39, 0.29) is 11.3 Å². The molecule has 1 amide bonds. The molecule has 0 heterocycles. The first-order chi connectivity index (χ1) is 10.4. The van der Waals surface area contributed by atoms with E-state index in [9.17, 15) is 14.9 Å². The second kappa shape index (κ2) is 6.44. The Balaban J connectivity index is 2.32. The number of halogens is 1. The number of nitro groups is 1. The van der Waals surface area contributed by atoms with E-state index in [2.05, 4.69) is 5.32 Å². The molecule has 0 aromatic heterocycles. The van der Waals surface area contributed by atoms with Crippen molar-refractivity contribution >= 4 is 28.9 Å². The molecular weight excluding hydrogens is 308 g/mol. The Kier molecular flexibility index (Phi) is 4.62. The van der Waals surface area contributed by atoms with E-state index in [1.165, 1.54) is 25.3 Å². The van der Waals surface area contributed by atoms with Crippen LogP contribution in [0.2, 0.25) is 5.02 Å². The van der Waals surface area contributed by atoms with Gasteiger partial charge in [-0.1, -0.05) is 17.7 Å². The molecule has 1 N–H and O–H groups in total. The van der Waals surface area contributed by atoms with Gasteiger partial charge in [-0.05, 0) is 31.2 Å². The fourth-order valence-electron chi connectivity index (χ4n) is 1.92. The van der Waals surface area contributed by atoms with Gasteiger partial charge in [0.15, 0.2) is 0 Å². The summed E-state index contributed by atoms with van der Waals surface area (Å²) in [6, 6.07) is 9.09. The topological polar surface area (TPSA) is 81.5 Å². The smallest absolute Gasteiger partial charge is 0.273 e. The average molecular weight is 321 g/mol. The van der Waals surface area contributed by atoms with E-state index in [1.54, 1.807) is 25.1 Å². The van der Waals surface area contributed by atoms with Gasteiger partial charge in [-0.15, -0.1) is 0 Å². The minimum Gasteiger partial charge on any atom is -0.495 e. The maximum atomic E-state index is 12.2. The van der Waals surface area contributed by atoms with Gasteiger partial charge in [0.1, 0.15) is 5.75 Å². The van der Waals surface area contributed by atoms with E-state index in [4.69, 9.17) is 16.3 Å². The van der Waals surface area contributed by atoms with Crippen molar-refractivity contribution in [2.24, 2.45) is 0 Å². The summed E-state index contributed by atoms with van der Waals surface area (Å²) in [4.78, 5) is 22.7. The van der Waals surface area contributed by atoms with Crippen LogP contribution in [0.4, 0.5) is 11.4 Å². The molecular formula is C15H13ClN2O4. The first-order valence-corrected chi connectivity index (χ1v) is 6.70. The lowest BCUT2D eigenvalue weighted by molar-refractivity contribution is -0.385. The number of nitrogens with one attached hydrogen (secondary N) is 1. The minimum absolute atomic E-state index is 0.106. The number of carbonyl (C=O) groups excluding carboxylic acids is 1. The predicted molar refractivity (Wildman–Crippen MR) is 83.8 cm³/mol. The van der Waals surface area contributed by atoms with Gasteiger partial charge in [-0.3, -0.25) is 14.9 Å². The normalized spacial score (nSPS) is 10.1. The third-order valence-electron chi connectivity index (χ3n) is 3.08. The Bertz CT molecular complexity index is 746. The summed E-state index contributed by atoms with van der Waals surface area (Å²) >= 11 is 5.89. The lowest BCUT2D eigenvalue weighted by Gasteiger charge is -2.10. The van der Waals surface area contributed by atoms with Crippen molar-refractivity contribution < 1.29 is 14.5 Å². The van der Waals surface area contributed by atoms with Crippen LogP contribution in [0, 0.1) is 17.0 Å². The summed E-state index contributed by atoms with van der Waals surface area (Å²) in [5.41, 5.74) is 0.954. The molecule has 0 saturated carbocycles. The van der Waals surface area contributed by atoms with Crippen LogP contribution in [-0.4, -0.2) is 17.9 Å². The number of hydrogen-bond acceptors (Lipinski definition) is 4. The molecule has 0 saturated heterocycles. The number of methoxy groups -OCH3 is 1. The number of benzene rings is 2. The van der Waals surface area contributed by atoms with Gasteiger partial charge in [-0.2, -0.15) is 0 Å². The number of hydrogen-bond donors (Lipinski definition) is 1. The second-order valence-corrected chi connectivity index (χ2v) is 4.99. The Morgan fingerprint density at radius 1 is 1.27 bits per heavy atom. The van der Waals surface area contributed by atoms with Crippen LogP contribution in [0.15, 0.2) is 36.4 Å². The summed E-state index contributed by atoms with van der Waals surface area (Å²) in [5.74, 6) is -0.0389. The number of nitro benzene ring substituents is 1. The van der Waals surface area contributed by atoms with Gasteiger partial charge in [0.25, 0.3) is 11.6 Å². The molecule has 0 atom stereocenters. The molecule has 6 nitrogen and oxygen atoms in total. The van der Waals surface area contributed by atoms with E-state index in [1.807, 2.05) is 0 Å². The Hall–Kier alpha value is -2.60. The number of amides is 1. The monoisotopic (exact) mass is 320 g/mol. The third-order valence-corrected chi connectivity index (χ3v) is 3.31. The summed E-state index contributed by atoms with van der Waals surface area (Å²) in [7, 11) is 1.47. The van der Waals surface area contributed by atoms with Crippen molar-refractivity contribution in [3.05, 3.63) is 62.7 Å². The van der Waals surface area contributed by atoms with E-state index < -0.39 is 10.8 Å². The summed E-state index contributed by atoms with van der Waals surface area (Å²) in [5, 5.41) is 14.0. The summed E-state index contributed by atoms with van der Waals surface area (Å²) < 4.78 is 5.14. The number of anilines is 1. The molecule has 0 aliphatic carbocycles. The molecule has 2 aromatic rings. The molecule has 7 heteroatoms. The van der Waals surface area contributed by atoms with Crippen molar-refractivity contribution in [1.29, 1.82) is 0 Å². The highest BCUT2D eigenvalue weighted by atomic mass is 35.5. The predicted octanol–water partition coefficient (Wildman–Crippen LogP) is 3.82. The highest BCUT2D eigenvalue weighted by Gasteiger charge is 2.16. The molecule has 0 aliphatic heterocycles. The minimum atomic E-state index is -0.522. The molecule has 2 rings (SSSR count). The maximum Gasteiger partial charge on any atom is 0.273 e. The van der Waals surface area contributed by atoms with Crippen molar-refractivity contribution in [3.63, 3.8) is 0 Å². The van der Waals surface area contributed by atoms with E-state index in [0.29, 0.717) is 22.0 Å². The SMILES string of the molecule is COc1ccc(Cl)cc1NC(=O)c1ccc(C)c([N+](=O)[O-])c1. The maximum absolute atomic E-state index is 12.2. The fraction of sp³-hybridized carbons (Fsp3) is 0.133. The number of carbonyl (C=O) groups is 1. The van der Waals surface area contributed by atoms with Crippen LogP contribution < -0.4 is 10.1 Å². The molecule has 114 valence electrons. The molecule has 2 aromatic carbocycles. The van der Waals surface area contributed by atoms with Crippen LogP contribution >= 0.6 is 11.6 Å². The number of rotatable bonds is 4. The second-order valence-electron chi connectivity index (χ2n) is 4.56. The first-order valence-electron chi connectivity index (χ1n) is 6.32. The van der Waals surface area contributed by atoms with Gasteiger partial charge >= 0.3 is 0 Å². The van der Waals surface area contributed by atoms with Crippen molar-refractivity contribution in [1.82, 2.24) is 0 Å². The fourth-order valence-corrected chi connectivity index (χ4v) is 2.09. The van der Waals surface area contributed by atoms with Gasteiger partial charge in [0.05, 0.1) is 17.7 Å². The zero-order chi connectivity index (χ0) is 16.3. The number of aryl methyl sites for hydroxylation is 1. The Morgan fingerprint density at radius 3 is 2.64 bits per heavy atom. The Morgan fingerprint density at radius 2 is 2.00 bits per heavy atom. The zero-order valence-electron chi connectivity index (χ0n) is 11.9. The highest BCUT2D eigenvalue weighted by Crippen LogP contribution is 2.28. The van der Waals surface area contributed by atoms with Crippen LogP contribution in [0.25, 0.3) is 0 Å². The summed E-state index contributed by atoms with van der Waals surface area (Å²) in [6.07, 6.45) is 0. The van der Waals surface area contributed by atoms with Crippen molar-refractivity contribution in [2.75, 3.05) is 12.4 Å².